The summed E-state index contributed by atoms with van der Waals surface area (Å²) in [5, 5.41) is 13.7. The average molecular weight is 684 g/mol. The molecule has 0 saturated carbocycles. The summed E-state index contributed by atoms with van der Waals surface area (Å²) in [7, 11) is 7.41. The van der Waals surface area contributed by atoms with E-state index < -0.39 is 29.6 Å². The van der Waals surface area contributed by atoms with Crippen LogP contribution in [0.2, 0.25) is 0 Å². The molecule has 0 unspecified atom stereocenters. The standard InChI is InChI=1S/C40H53N5O5/c1-40(2,41-39(49)50)22-12-17-36(46)43(5)34(27-31-18-19-32-15-10-11-16-33(32)25-31)37(47)44(6)35(26-29-13-8-7-9-14-29)38(48)45-23-20-30(21-24-45)28-42(3)4/h7-19,25,30,34-35,41H,20-24,26-28H2,1-6H3,(H,49,50)/b17-12+/t34-,35-/m1/s1. The number of hydrogen-bond acceptors (Lipinski definition) is 5. The van der Waals surface area contributed by atoms with Crippen molar-refractivity contribution in [2.75, 3.05) is 47.8 Å². The Morgan fingerprint density at radius 2 is 1.46 bits per heavy atom. The maximum Gasteiger partial charge on any atom is 0.405 e. The number of amides is 4. The summed E-state index contributed by atoms with van der Waals surface area (Å²) in [6.45, 7) is 5.72. The van der Waals surface area contributed by atoms with Crippen LogP contribution in [0.3, 0.4) is 0 Å². The highest BCUT2D eigenvalue weighted by Crippen LogP contribution is 2.23. The normalized spacial score (nSPS) is 15.2. The van der Waals surface area contributed by atoms with Crippen molar-refractivity contribution in [3.8, 4) is 0 Å². The van der Waals surface area contributed by atoms with Crippen molar-refractivity contribution < 1.29 is 24.3 Å². The number of rotatable bonds is 14. The van der Waals surface area contributed by atoms with Crippen molar-refractivity contribution in [3.63, 3.8) is 0 Å². The van der Waals surface area contributed by atoms with E-state index in [1.54, 1.807) is 38.9 Å². The third kappa shape index (κ3) is 10.6. The minimum absolute atomic E-state index is 0.0838. The predicted octanol–water partition coefficient (Wildman–Crippen LogP) is 5.07. The monoisotopic (exact) mass is 683 g/mol. The number of carboxylic acid groups (broad SMARTS) is 1. The van der Waals surface area contributed by atoms with Crippen molar-refractivity contribution in [3.05, 3.63) is 96.1 Å². The summed E-state index contributed by atoms with van der Waals surface area (Å²) in [6, 6.07) is 22.1. The molecule has 1 saturated heterocycles. The first-order valence-corrected chi connectivity index (χ1v) is 17.4. The minimum atomic E-state index is -1.14. The van der Waals surface area contributed by atoms with Crippen molar-refractivity contribution in [1.29, 1.82) is 0 Å². The number of likely N-dealkylation sites (N-methyl/N-ethyl adjacent to an activating group) is 2. The molecule has 3 aromatic carbocycles. The van der Waals surface area contributed by atoms with E-state index in [9.17, 15) is 19.2 Å². The van der Waals surface area contributed by atoms with Gasteiger partial charge in [-0.2, -0.15) is 0 Å². The third-order valence-corrected chi connectivity index (χ3v) is 9.60. The van der Waals surface area contributed by atoms with Gasteiger partial charge in [0, 0.05) is 52.1 Å². The van der Waals surface area contributed by atoms with E-state index in [1.165, 1.54) is 11.0 Å². The highest BCUT2D eigenvalue weighted by Gasteiger charge is 2.37. The summed E-state index contributed by atoms with van der Waals surface area (Å²) in [5.41, 5.74) is 1.05. The molecule has 3 aromatic rings. The molecule has 0 spiro atoms. The Bertz CT molecular complexity index is 1650. The lowest BCUT2D eigenvalue weighted by Gasteiger charge is -2.39. The molecule has 0 radical (unpaired) electrons. The molecule has 0 aromatic heterocycles. The molecule has 4 rings (SSSR count). The van der Waals surface area contributed by atoms with E-state index in [-0.39, 0.29) is 24.7 Å². The van der Waals surface area contributed by atoms with Gasteiger partial charge in [-0.05, 0) is 81.1 Å². The second kappa shape index (κ2) is 17.3. The zero-order valence-corrected chi connectivity index (χ0v) is 30.3. The van der Waals surface area contributed by atoms with Gasteiger partial charge in [0.25, 0.3) is 0 Å². The molecular weight excluding hydrogens is 630 g/mol. The van der Waals surface area contributed by atoms with Crippen molar-refractivity contribution >= 4 is 34.6 Å². The number of benzene rings is 3. The lowest BCUT2D eigenvalue weighted by Crippen LogP contribution is -2.57. The van der Waals surface area contributed by atoms with Crippen molar-refractivity contribution in [2.45, 2.75) is 63.6 Å². The first kappa shape index (κ1) is 38.1. The topological polar surface area (TPSA) is 114 Å². The number of carbonyl (C=O) groups excluding carboxylic acids is 3. The Balaban J connectivity index is 1.62. The van der Waals surface area contributed by atoms with Gasteiger partial charge in [-0.1, -0.05) is 78.9 Å². The first-order chi connectivity index (χ1) is 23.7. The molecule has 50 heavy (non-hydrogen) atoms. The molecule has 1 aliphatic rings. The van der Waals surface area contributed by atoms with Gasteiger partial charge in [0.05, 0.1) is 0 Å². The fourth-order valence-electron chi connectivity index (χ4n) is 6.72. The smallest absolute Gasteiger partial charge is 0.405 e. The molecule has 0 aliphatic carbocycles. The van der Waals surface area contributed by atoms with Crippen LogP contribution >= 0.6 is 0 Å². The van der Waals surface area contributed by atoms with Crippen LogP contribution in [0.5, 0.6) is 0 Å². The van der Waals surface area contributed by atoms with Gasteiger partial charge in [0.15, 0.2) is 0 Å². The van der Waals surface area contributed by atoms with E-state index in [0.29, 0.717) is 25.4 Å². The molecule has 1 heterocycles. The number of likely N-dealkylation sites (tertiary alicyclic amines) is 1. The van der Waals surface area contributed by atoms with Crippen LogP contribution in [0.4, 0.5) is 4.79 Å². The predicted molar refractivity (Wildman–Crippen MR) is 198 cm³/mol. The molecule has 0 bridgehead atoms. The molecule has 4 amide bonds. The van der Waals surface area contributed by atoms with E-state index in [2.05, 4.69) is 24.3 Å². The largest absolute Gasteiger partial charge is 0.465 e. The van der Waals surface area contributed by atoms with Crippen molar-refractivity contribution in [1.82, 2.24) is 24.9 Å². The minimum Gasteiger partial charge on any atom is -0.465 e. The first-order valence-electron chi connectivity index (χ1n) is 17.4. The van der Waals surface area contributed by atoms with Crippen LogP contribution in [0.1, 0.15) is 44.2 Å². The second-order valence-corrected chi connectivity index (χ2v) is 14.5. The van der Waals surface area contributed by atoms with Gasteiger partial charge in [-0.3, -0.25) is 14.4 Å². The van der Waals surface area contributed by atoms with Crippen LogP contribution in [0, 0.1) is 5.92 Å². The molecule has 1 fully saturated rings. The maximum atomic E-state index is 14.7. The lowest BCUT2D eigenvalue weighted by molar-refractivity contribution is -0.149. The number of fused-ring (bicyclic) bond motifs is 1. The Labute approximate surface area is 296 Å². The zero-order chi connectivity index (χ0) is 36.4. The summed E-state index contributed by atoms with van der Waals surface area (Å²) in [5.74, 6) is -0.283. The van der Waals surface area contributed by atoms with Gasteiger partial charge in [0.1, 0.15) is 12.1 Å². The zero-order valence-electron chi connectivity index (χ0n) is 30.3. The second-order valence-electron chi connectivity index (χ2n) is 14.5. The molecule has 10 nitrogen and oxygen atoms in total. The molecule has 1 aliphatic heterocycles. The maximum absolute atomic E-state index is 14.7. The molecule has 268 valence electrons. The summed E-state index contributed by atoms with van der Waals surface area (Å²) in [6.07, 6.45) is 4.56. The van der Waals surface area contributed by atoms with E-state index in [1.807, 2.05) is 77.7 Å². The summed E-state index contributed by atoms with van der Waals surface area (Å²) < 4.78 is 0. The van der Waals surface area contributed by atoms with E-state index in [4.69, 9.17) is 5.11 Å². The fourth-order valence-corrected chi connectivity index (χ4v) is 6.72. The quantitative estimate of drug-likeness (QED) is 0.230. The lowest BCUT2D eigenvalue weighted by atomic mass is 9.94. The summed E-state index contributed by atoms with van der Waals surface area (Å²) in [4.78, 5) is 60.8. The SMILES string of the molecule is CN(C)CC1CCN(C(=O)[C@@H](Cc2ccccc2)N(C)C(=O)[C@@H](Cc2ccc3ccccc3c2)N(C)C(=O)/C=C/CC(C)(C)NC(=O)O)CC1. The van der Waals surface area contributed by atoms with Crippen LogP contribution < -0.4 is 5.32 Å². The number of hydrogen-bond donors (Lipinski definition) is 2. The highest BCUT2D eigenvalue weighted by molar-refractivity contribution is 5.95. The Kier molecular flexibility index (Phi) is 13.2. The van der Waals surface area contributed by atoms with Crippen LogP contribution in [0.15, 0.2) is 84.9 Å². The molecular formula is C40H53N5O5. The van der Waals surface area contributed by atoms with Gasteiger partial charge in [-0.15, -0.1) is 0 Å². The molecule has 2 N–H and O–H groups in total. The number of carbonyl (C=O) groups is 4. The Morgan fingerprint density at radius 1 is 0.840 bits per heavy atom. The van der Waals surface area contributed by atoms with Crippen LogP contribution in [0.25, 0.3) is 10.8 Å². The van der Waals surface area contributed by atoms with Crippen LogP contribution in [-0.4, -0.2) is 114 Å². The van der Waals surface area contributed by atoms with Crippen molar-refractivity contribution in [2.24, 2.45) is 5.92 Å². The number of nitrogens with zero attached hydrogens (tertiary/aromatic N) is 4. The number of piperidine rings is 1. The third-order valence-electron chi connectivity index (χ3n) is 9.60. The van der Waals surface area contributed by atoms with Crippen LogP contribution in [-0.2, 0) is 27.2 Å². The highest BCUT2D eigenvalue weighted by atomic mass is 16.4. The average Bonchev–Trinajstić information content (AvgIpc) is 3.08. The van der Waals surface area contributed by atoms with E-state index >= 15 is 0 Å². The number of nitrogens with one attached hydrogen (secondary N) is 1. The van der Waals surface area contributed by atoms with Gasteiger partial charge >= 0.3 is 6.09 Å². The molecule has 2 atom stereocenters. The van der Waals surface area contributed by atoms with Gasteiger partial charge in [-0.25, -0.2) is 4.79 Å². The Morgan fingerprint density at radius 3 is 2.10 bits per heavy atom. The van der Waals surface area contributed by atoms with Gasteiger partial charge in [0.2, 0.25) is 17.7 Å². The fraction of sp³-hybridized carbons (Fsp3) is 0.450. The van der Waals surface area contributed by atoms with Gasteiger partial charge < -0.3 is 30.0 Å². The van der Waals surface area contributed by atoms with E-state index in [0.717, 1.165) is 41.3 Å². The molecule has 10 heteroatoms. The summed E-state index contributed by atoms with van der Waals surface area (Å²) >= 11 is 0. The Hall–Kier alpha value is -4.70.